The third kappa shape index (κ3) is 1.17. The first-order valence-corrected chi connectivity index (χ1v) is 3.63. The summed E-state index contributed by atoms with van der Waals surface area (Å²) in [5.74, 6) is 0. The summed E-state index contributed by atoms with van der Waals surface area (Å²) in [5.41, 5.74) is 0. The molecule has 0 unspecified atom stereocenters. The zero-order valence-electron chi connectivity index (χ0n) is 4.36. The molecule has 0 bridgehead atoms. The van der Waals surface area contributed by atoms with Crippen LogP contribution in [0.1, 0.15) is 0 Å². The zero-order valence-corrected chi connectivity index (χ0v) is 7.27. The molecule has 0 fully saturated rings. The van der Waals surface area contributed by atoms with E-state index in [0.29, 0.717) is 0 Å². The van der Waals surface area contributed by atoms with Crippen LogP contribution in [0.5, 0.6) is 0 Å². The van der Waals surface area contributed by atoms with Gasteiger partial charge in [-0.3, -0.25) is 0 Å². The van der Waals surface area contributed by atoms with Gasteiger partial charge >= 0.3 is 0 Å². The van der Waals surface area contributed by atoms with E-state index in [1.54, 1.807) is 0 Å². The van der Waals surface area contributed by atoms with Crippen LogP contribution in [-0.4, -0.2) is 4.57 Å². The van der Waals surface area contributed by atoms with Gasteiger partial charge in [-0.2, -0.15) is 0 Å². The van der Waals surface area contributed by atoms with Crippen molar-refractivity contribution in [3.8, 4) is 0 Å². The van der Waals surface area contributed by atoms with Crippen molar-refractivity contribution in [1.29, 1.82) is 0 Å². The summed E-state index contributed by atoms with van der Waals surface area (Å²) in [5, 5.41) is 0.827. The lowest BCUT2D eigenvalue weighted by molar-refractivity contribution is 0.926. The average molecular weight is 241 g/mol. The molecule has 0 atom stereocenters. The van der Waals surface area contributed by atoms with Crippen LogP contribution < -0.4 is 0 Å². The molecule has 0 aromatic carbocycles. The fraction of sp³-hybridized carbons (Fsp3) is 0.200. The molecule has 1 nitrogen and oxygen atoms in total. The minimum Gasteiger partial charge on any atom is -0.355 e. The Labute approximate surface area is 66.8 Å². The number of hydrogen-bond acceptors (Lipinski definition) is 0. The second-order valence-corrected chi connectivity index (χ2v) is 3.19. The number of halogens is 2. The minimum absolute atomic E-state index is 0.827. The van der Waals surface area contributed by atoms with Crippen molar-refractivity contribution in [3.63, 3.8) is 0 Å². The monoisotopic (exact) mass is 241 g/mol. The van der Waals surface area contributed by atoms with E-state index in [-0.39, 0.29) is 0 Å². The fourth-order valence-corrected chi connectivity index (χ4v) is 1.30. The standard InChI is InChI=1S/C5H5ClIN/c1-8-2-4(6)5(7)3-8/h2-3H,1H3. The quantitative estimate of drug-likeness (QED) is 0.614. The molecule has 3 heteroatoms. The Morgan fingerprint density at radius 3 is 2.38 bits per heavy atom. The van der Waals surface area contributed by atoms with Gasteiger partial charge in [-0.25, -0.2) is 0 Å². The smallest absolute Gasteiger partial charge is 0.0716 e. The molecule has 0 aliphatic carbocycles. The van der Waals surface area contributed by atoms with Gasteiger partial charge in [0.2, 0.25) is 0 Å². The van der Waals surface area contributed by atoms with Gasteiger partial charge in [0.25, 0.3) is 0 Å². The third-order valence-corrected chi connectivity index (χ3v) is 2.34. The van der Waals surface area contributed by atoms with Crippen LogP contribution in [0.3, 0.4) is 0 Å². The Morgan fingerprint density at radius 2 is 2.25 bits per heavy atom. The highest BCUT2D eigenvalue weighted by atomic mass is 127. The molecule has 1 aromatic rings. The Kier molecular flexibility index (Phi) is 1.82. The predicted octanol–water partition coefficient (Wildman–Crippen LogP) is 2.28. The van der Waals surface area contributed by atoms with Crippen LogP contribution in [-0.2, 0) is 7.05 Å². The first-order valence-electron chi connectivity index (χ1n) is 2.17. The van der Waals surface area contributed by atoms with E-state index in [4.69, 9.17) is 11.6 Å². The molecule has 0 saturated heterocycles. The van der Waals surface area contributed by atoms with Crippen molar-refractivity contribution in [2.24, 2.45) is 7.05 Å². The van der Waals surface area contributed by atoms with Gasteiger partial charge in [-0.15, -0.1) is 0 Å². The third-order valence-electron chi connectivity index (χ3n) is 0.862. The van der Waals surface area contributed by atoms with Crippen LogP contribution in [0.25, 0.3) is 0 Å². The van der Waals surface area contributed by atoms with Gasteiger partial charge in [0, 0.05) is 23.0 Å². The molecule has 0 radical (unpaired) electrons. The van der Waals surface area contributed by atoms with Crippen molar-refractivity contribution in [3.05, 3.63) is 21.0 Å². The molecule has 0 aliphatic heterocycles. The van der Waals surface area contributed by atoms with Gasteiger partial charge in [-0.05, 0) is 22.6 Å². The highest BCUT2D eigenvalue weighted by molar-refractivity contribution is 14.1. The van der Waals surface area contributed by atoms with Gasteiger partial charge in [0.1, 0.15) is 0 Å². The molecule has 1 aromatic heterocycles. The summed E-state index contributed by atoms with van der Waals surface area (Å²) >= 11 is 7.89. The molecule has 0 saturated carbocycles. The SMILES string of the molecule is Cn1cc(Cl)c(I)c1. The van der Waals surface area contributed by atoms with E-state index in [2.05, 4.69) is 22.6 Å². The maximum Gasteiger partial charge on any atom is 0.0716 e. The fourth-order valence-electron chi connectivity index (χ4n) is 0.518. The lowest BCUT2D eigenvalue weighted by Crippen LogP contribution is -1.76. The number of nitrogens with zero attached hydrogens (tertiary/aromatic N) is 1. The summed E-state index contributed by atoms with van der Waals surface area (Å²) in [4.78, 5) is 0. The number of aryl methyl sites for hydroxylation is 1. The van der Waals surface area contributed by atoms with Crippen LogP contribution in [0, 0.1) is 3.57 Å². The van der Waals surface area contributed by atoms with Crippen molar-refractivity contribution >= 4 is 34.2 Å². The van der Waals surface area contributed by atoms with Crippen molar-refractivity contribution in [2.45, 2.75) is 0 Å². The molecular formula is C5H5ClIN. The largest absolute Gasteiger partial charge is 0.355 e. The topological polar surface area (TPSA) is 4.93 Å². The van der Waals surface area contributed by atoms with Gasteiger partial charge in [0.05, 0.1) is 5.02 Å². The van der Waals surface area contributed by atoms with Crippen molar-refractivity contribution in [1.82, 2.24) is 4.57 Å². The Balaban J connectivity index is 3.14. The van der Waals surface area contributed by atoms with Crippen LogP contribution in [0.15, 0.2) is 12.4 Å². The molecule has 0 N–H and O–H groups in total. The Morgan fingerprint density at radius 1 is 1.62 bits per heavy atom. The first kappa shape index (κ1) is 6.42. The second-order valence-electron chi connectivity index (χ2n) is 1.62. The molecule has 1 heterocycles. The molecule has 0 amide bonds. The Bertz CT molecular complexity index is 175. The maximum atomic E-state index is 5.70. The van der Waals surface area contributed by atoms with E-state index in [0.717, 1.165) is 8.59 Å². The van der Waals surface area contributed by atoms with E-state index < -0.39 is 0 Å². The average Bonchev–Trinajstić information content (AvgIpc) is 1.85. The molecular weight excluding hydrogens is 236 g/mol. The summed E-state index contributed by atoms with van der Waals surface area (Å²) in [6.07, 6.45) is 3.85. The number of rotatable bonds is 0. The zero-order chi connectivity index (χ0) is 6.15. The molecule has 8 heavy (non-hydrogen) atoms. The summed E-state index contributed by atoms with van der Waals surface area (Å²) in [6, 6.07) is 0. The van der Waals surface area contributed by atoms with Crippen molar-refractivity contribution < 1.29 is 0 Å². The molecule has 0 aliphatic rings. The molecule has 44 valence electrons. The molecule has 0 spiro atoms. The van der Waals surface area contributed by atoms with E-state index in [1.165, 1.54) is 0 Å². The lowest BCUT2D eigenvalue weighted by Gasteiger charge is -1.80. The number of aromatic nitrogens is 1. The van der Waals surface area contributed by atoms with Crippen LogP contribution >= 0.6 is 34.2 Å². The summed E-state index contributed by atoms with van der Waals surface area (Å²) in [7, 11) is 1.95. The number of hydrogen-bond donors (Lipinski definition) is 0. The highest BCUT2D eigenvalue weighted by Crippen LogP contribution is 2.17. The van der Waals surface area contributed by atoms with Gasteiger partial charge in [-0.1, -0.05) is 11.6 Å². The summed E-state index contributed by atoms with van der Waals surface area (Å²) < 4.78 is 3.04. The highest BCUT2D eigenvalue weighted by Gasteiger charge is 1.95. The van der Waals surface area contributed by atoms with Crippen LogP contribution in [0.2, 0.25) is 5.02 Å². The van der Waals surface area contributed by atoms with Crippen molar-refractivity contribution in [2.75, 3.05) is 0 Å². The normalized spacial score (nSPS) is 9.88. The van der Waals surface area contributed by atoms with Crippen LogP contribution in [0.4, 0.5) is 0 Å². The second kappa shape index (κ2) is 2.27. The minimum atomic E-state index is 0.827. The van der Waals surface area contributed by atoms with Gasteiger partial charge < -0.3 is 4.57 Å². The maximum absolute atomic E-state index is 5.70. The molecule has 1 rings (SSSR count). The first-order chi connectivity index (χ1) is 3.70. The predicted molar refractivity (Wildman–Crippen MR) is 43.1 cm³/mol. The van der Waals surface area contributed by atoms with E-state index in [1.807, 2.05) is 24.0 Å². The Hall–Kier alpha value is 0.300. The summed E-state index contributed by atoms with van der Waals surface area (Å²) in [6.45, 7) is 0. The van der Waals surface area contributed by atoms with Gasteiger partial charge in [0.15, 0.2) is 0 Å². The van der Waals surface area contributed by atoms with E-state index >= 15 is 0 Å². The van der Waals surface area contributed by atoms with E-state index in [9.17, 15) is 0 Å². The lowest BCUT2D eigenvalue weighted by atomic mass is 10.7.